The van der Waals surface area contributed by atoms with Gasteiger partial charge in [-0.3, -0.25) is 4.79 Å². The topological polar surface area (TPSA) is 41.6 Å². The van der Waals surface area contributed by atoms with E-state index in [1.807, 2.05) is 21.0 Å². The van der Waals surface area contributed by atoms with Crippen LogP contribution in [0.1, 0.15) is 6.92 Å². The first-order valence-corrected chi connectivity index (χ1v) is 4.24. The number of rotatable bonds is 5. The van der Waals surface area contributed by atoms with E-state index in [2.05, 4.69) is 5.32 Å². The first-order valence-electron chi connectivity index (χ1n) is 4.24. The molecule has 0 radical (unpaired) electrons. The van der Waals surface area contributed by atoms with Gasteiger partial charge in [0.05, 0.1) is 12.3 Å². The largest absolute Gasteiger partial charge is 0.383 e. The van der Waals surface area contributed by atoms with Crippen LogP contribution in [0.2, 0.25) is 0 Å². The average molecular weight is 186 g/mol. The Labute approximate surface area is 79.6 Å². The second kappa shape index (κ2) is 6.48. The standard InChI is InChI=1S/C9H18N2O2/c1-5-8(11(2)3)9(12)10-6-7-13-4/h5H,6-7H2,1-4H3,(H,10,12). The smallest absolute Gasteiger partial charge is 0.267 e. The van der Waals surface area contributed by atoms with Gasteiger partial charge in [-0.25, -0.2) is 0 Å². The Morgan fingerprint density at radius 1 is 1.54 bits per heavy atom. The summed E-state index contributed by atoms with van der Waals surface area (Å²) in [7, 11) is 5.28. The Hall–Kier alpha value is -1.03. The van der Waals surface area contributed by atoms with Crippen molar-refractivity contribution in [1.29, 1.82) is 0 Å². The highest BCUT2D eigenvalue weighted by Crippen LogP contribution is 1.96. The number of amides is 1. The molecule has 0 aromatic heterocycles. The van der Waals surface area contributed by atoms with Crippen molar-refractivity contribution in [2.24, 2.45) is 0 Å². The lowest BCUT2D eigenvalue weighted by Crippen LogP contribution is -2.33. The molecular formula is C9H18N2O2. The van der Waals surface area contributed by atoms with E-state index >= 15 is 0 Å². The van der Waals surface area contributed by atoms with Crippen LogP contribution in [0.15, 0.2) is 11.8 Å². The van der Waals surface area contributed by atoms with E-state index in [0.29, 0.717) is 18.8 Å². The van der Waals surface area contributed by atoms with Crippen molar-refractivity contribution >= 4 is 5.91 Å². The van der Waals surface area contributed by atoms with Gasteiger partial charge in [-0.1, -0.05) is 6.08 Å². The molecule has 13 heavy (non-hydrogen) atoms. The van der Waals surface area contributed by atoms with Crippen molar-refractivity contribution in [3.05, 3.63) is 11.8 Å². The second-order valence-electron chi connectivity index (χ2n) is 2.82. The summed E-state index contributed by atoms with van der Waals surface area (Å²) >= 11 is 0. The maximum Gasteiger partial charge on any atom is 0.267 e. The molecule has 0 unspecified atom stereocenters. The van der Waals surface area contributed by atoms with E-state index in [1.165, 1.54) is 0 Å². The van der Waals surface area contributed by atoms with Crippen LogP contribution in [0.5, 0.6) is 0 Å². The van der Waals surface area contributed by atoms with Gasteiger partial charge < -0.3 is 15.0 Å². The molecule has 0 fully saturated rings. The Balaban J connectivity index is 3.94. The monoisotopic (exact) mass is 186 g/mol. The lowest BCUT2D eigenvalue weighted by atomic mass is 10.3. The number of likely N-dealkylation sites (N-methyl/N-ethyl adjacent to an activating group) is 1. The van der Waals surface area contributed by atoms with Crippen LogP contribution in [0.3, 0.4) is 0 Å². The average Bonchev–Trinajstić information content (AvgIpc) is 2.05. The molecule has 4 nitrogen and oxygen atoms in total. The highest BCUT2D eigenvalue weighted by molar-refractivity contribution is 5.92. The molecule has 0 rings (SSSR count). The fourth-order valence-electron chi connectivity index (χ4n) is 0.950. The van der Waals surface area contributed by atoms with Crippen LogP contribution < -0.4 is 5.32 Å². The number of carbonyl (C=O) groups excluding carboxylic acids is 1. The van der Waals surface area contributed by atoms with Crippen LogP contribution >= 0.6 is 0 Å². The number of carbonyl (C=O) groups is 1. The van der Waals surface area contributed by atoms with E-state index in [1.54, 1.807) is 18.1 Å². The van der Waals surface area contributed by atoms with Crippen molar-refractivity contribution in [3.8, 4) is 0 Å². The van der Waals surface area contributed by atoms with Gasteiger partial charge in [0.25, 0.3) is 5.91 Å². The maximum absolute atomic E-state index is 11.4. The van der Waals surface area contributed by atoms with Crippen LogP contribution in [-0.2, 0) is 9.53 Å². The van der Waals surface area contributed by atoms with Gasteiger partial charge in [-0.2, -0.15) is 0 Å². The summed E-state index contributed by atoms with van der Waals surface area (Å²) in [5, 5.41) is 2.74. The molecule has 0 bridgehead atoms. The number of nitrogens with zero attached hydrogens (tertiary/aromatic N) is 1. The highest BCUT2D eigenvalue weighted by atomic mass is 16.5. The molecule has 0 atom stereocenters. The molecule has 0 aromatic carbocycles. The zero-order valence-electron chi connectivity index (χ0n) is 8.76. The summed E-state index contributed by atoms with van der Waals surface area (Å²) < 4.78 is 4.82. The van der Waals surface area contributed by atoms with E-state index < -0.39 is 0 Å². The van der Waals surface area contributed by atoms with E-state index in [9.17, 15) is 4.79 Å². The molecule has 4 heteroatoms. The van der Waals surface area contributed by atoms with Crippen molar-refractivity contribution in [2.45, 2.75) is 6.92 Å². The molecule has 0 spiro atoms. The molecule has 76 valence electrons. The number of allylic oxidation sites excluding steroid dienone is 1. The summed E-state index contributed by atoms with van der Waals surface area (Å²) in [5.74, 6) is -0.0652. The molecule has 0 aromatic rings. The van der Waals surface area contributed by atoms with Crippen molar-refractivity contribution in [3.63, 3.8) is 0 Å². The Kier molecular flexibility index (Phi) is 5.97. The van der Waals surface area contributed by atoms with E-state index in [4.69, 9.17) is 4.74 Å². The predicted octanol–water partition coefficient (Wildman–Crippen LogP) is 0.214. The van der Waals surface area contributed by atoms with Gasteiger partial charge in [0.2, 0.25) is 0 Å². The number of ether oxygens (including phenoxy) is 1. The summed E-state index contributed by atoms with van der Waals surface area (Å²) in [4.78, 5) is 13.2. The SMILES string of the molecule is CC=C(C(=O)NCCOC)N(C)C. The zero-order valence-corrected chi connectivity index (χ0v) is 8.76. The van der Waals surface area contributed by atoms with Crippen molar-refractivity contribution in [1.82, 2.24) is 10.2 Å². The number of hydrogen-bond donors (Lipinski definition) is 1. The first kappa shape index (κ1) is 12.0. The molecule has 0 heterocycles. The highest BCUT2D eigenvalue weighted by Gasteiger charge is 2.08. The Morgan fingerprint density at radius 2 is 2.15 bits per heavy atom. The third-order valence-corrected chi connectivity index (χ3v) is 1.58. The Morgan fingerprint density at radius 3 is 2.54 bits per heavy atom. The third kappa shape index (κ3) is 4.52. The first-order chi connectivity index (χ1) is 6.13. The van der Waals surface area contributed by atoms with Gasteiger partial charge in [0.15, 0.2) is 0 Å². The minimum absolute atomic E-state index is 0.0652. The molecule has 0 aliphatic rings. The molecule has 1 amide bonds. The second-order valence-corrected chi connectivity index (χ2v) is 2.82. The van der Waals surface area contributed by atoms with Gasteiger partial charge in [0.1, 0.15) is 0 Å². The quantitative estimate of drug-likeness (QED) is 0.493. The fourth-order valence-corrected chi connectivity index (χ4v) is 0.950. The summed E-state index contributed by atoms with van der Waals surface area (Å²) in [6.45, 7) is 2.92. The minimum Gasteiger partial charge on any atom is -0.383 e. The summed E-state index contributed by atoms with van der Waals surface area (Å²) in [6.07, 6.45) is 1.78. The Bertz CT molecular complexity index is 188. The number of nitrogens with one attached hydrogen (secondary N) is 1. The molecule has 1 N–H and O–H groups in total. The fraction of sp³-hybridized carbons (Fsp3) is 0.667. The molecular weight excluding hydrogens is 168 g/mol. The third-order valence-electron chi connectivity index (χ3n) is 1.58. The number of methoxy groups -OCH3 is 1. The molecule has 0 saturated heterocycles. The van der Waals surface area contributed by atoms with Crippen LogP contribution in [-0.4, -0.2) is 45.2 Å². The van der Waals surface area contributed by atoms with Gasteiger partial charge >= 0.3 is 0 Å². The zero-order chi connectivity index (χ0) is 10.3. The van der Waals surface area contributed by atoms with Crippen molar-refractivity contribution in [2.75, 3.05) is 34.4 Å². The summed E-state index contributed by atoms with van der Waals surface area (Å²) in [5.41, 5.74) is 0.663. The van der Waals surface area contributed by atoms with Crippen LogP contribution in [0.4, 0.5) is 0 Å². The van der Waals surface area contributed by atoms with Crippen LogP contribution in [0, 0.1) is 0 Å². The van der Waals surface area contributed by atoms with Gasteiger partial charge in [-0.15, -0.1) is 0 Å². The van der Waals surface area contributed by atoms with Crippen molar-refractivity contribution < 1.29 is 9.53 Å². The van der Waals surface area contributed by atoms with Crippen LogP contribution in [0.25, 0.3) is 0 Å². The lowest BCUT2D eigenvalue weighted by molar-refractivity contribution is -0.118. The lowest BCUT2D eigenvalue weighted by Gasteiger charge is -2.15. The maximum atomic E-state index is 11.4. The van der Waals surface area contributed by atoms with Gasteiger partial charge in [-0.05, 0) is 6.92 Å². The van der Waals surface area contributed by atoms with E-state index in [-0.39, 0.29) is 5.91 Å². The predicted molar refractivity (Wildman–Crippen MR) is 52.3 cm³/mol. The van der Waals surface area contributed by atoms with E-state index in [0.717, 1.165) is 0 Å². The minimum atomic E-state index is -0.0652. The molecule has 0 aliphatic heterocycles. The molecule has 0 saturated carbocycles. The molecule has 0 aliphatic carbocycles. The normalized spacial score (nSPS) is 11.2. The number of hydrogen-bond acceptors (Lipinski definition) is 3. The van der Waals surface area contributed by atoms with Gasteiger partial charge in [0, 0.05) is 27.7 Å². The summed E-state index contributed by atoms with van der Waals surface area (Å²) in [6, 6.07) is 0.